The van der Waals surface area contributed by atoms with E-state index < -0.39 is 0 Å². The van der Waals surface area contributed by atoms with Crippen LogP contribution in [-0.4, -0.2) is 55.2 Å². The molecular weight excluding hydrogens is 274 g/mol. The van der Waals surface area contributed by atoms with Gasteiger partial charge in [-0.15, -0.1) is 11.3 Å². The topological polar surface area (TPSA) is 45.7 Å². The molecule has 0 N–H and O–H groups in total. The summed E-state index contributed by atoms with van der Waals surface area (Å²) in [5.74, 6) is -0.0962. The van der Waals surface area contributed by atoms with Gasteiger partial charge in [-0.2, -0.15) is 0 Å². The molecule has 6 heteroatoms. The summed E-state index contributed by atoms with van der Waals surface area (Å²) in [6.07, 6.45) is 4.89. The van der Waals surface area contributed by atoms with E-state index in [0.29, 0.717) is 0 Å². The highest BCUT2D eigenvalue weighted by molar-refractivity contribution is 7.13. The molecule has 2 rings (SSSR count). The maximum absolute atomic E-state index is 11.9. The van der Waals surface area contributed by atoms with Crippen LogP contribution in [0.3, 0.4) is 0 Å². The fraction of sp³-hybridized carbons (Fsp3) is 0.714. The third-order valence-electron chi connectivity index (χ3n) is 3.75. The molecule has 112 valence electrons. The molecule has 1 atom stereocenters. The van der Waals surface area contributed by atoms with Crippen LogP contribution in [0.4, 0.5) is 5.13 Å². The molecule has 20 heavy (non-hydrogen) atoms. The van der Waals surface area contributed by atoms with Gasteiger partial charge >= 0.3 is 5.97 Å². The summed E-state index contributed by atoms with van der Waals surface area (Å²) >= 11 is 1.67. The summed E-state index contributed by atoms with van der Waals surface area (Å²) in [6.45, 7) is 5.78. The Labute approximate surface area is 124 Å². The average Bonchev–Trinajstić information content (AvgIpc) is 3.02. The zero-order valence-corrected chi connectivity index (χ0v) is 13.1. The third kappa shape index (κ3) is 3.70. The summed E-state index contributed by atoms with van der Waals surface area (Å²) < 4.78 is 4.96. The molecule has 0 spiro atoms. The van der Waals surface area contributed by atoms with Crippen molar-refractivity contribution >= 4 is 22.4 Å². The number of anilines is 1. The molecule has 0 saturated carbocycles. The second-order valence-electron chi connectivity index (χ2n) is 5.02. The van der Waals surface area contributed by atoms with Crippen LogP contribution in [0, 0.1) is 0 Å². The van der Waals surface area contributed by atoms with Gasteiger partial charge in [0.25, 0.3) is 0 Å². The molecule has 1 aromatic rings. The van der Waals surface area contributed by atoms with Crippen molar-refractivity contribution in [3.05, 3.63) is 11.6 Å². The zero-order valence-electron chi connectivity index (χ0n) is 12.2. The van der Waals surface area contributed by atoms with E-state index in [4.69, 9.17) is 4.74 Å². The standard InChI is InChI=1S/C14H23N3O2S/c1-3-4-5-12(13(18)19-2)16-7-9-17(10-8-16)14-15-6-11-20-14/h6,11-12H,3-5,7-10H2,1-2H3. The highest BCUT2D eigenvalue weighted by Crippen LogP contribution is 2.21. The number of nitrogens with zero attached hydrogens (tertiary/aromatic N) is 3. The van der Waals surface area contributed by atoms with E-state index in [1.54, 1.807) is 11.3 Å². The van der Waals surface area contributed by atoms with Crippen LogP contribution in [0.2, 0.25) is 0 Å². The number of thiazole rings is 1. The average molecular weight is 297 g/mol. The quantitative estimate of drug-likeness (QED) is 0.752. The van der Waals surface area contributed by atoms with Crippen molar-refractivity contribution < 1.29 is 9.53 Å². The van der Waals surface area contributed by atoms with Crippen molar-refractivity contribution in [3.63, 3.8) is 0 Å². The maximum Gasteiger partial charge on any atom is 0.323 e. The predicted molar refractivity (Wildman–Crippen MR) is 81.2 cm³/mol. The molecule has 1 aliphatic rings. The first kappa shape index (κ1) is 15.3. The Balaban J connectivity index is 1.91. The molecule has 0 aliphatic carbocycles. The summed E-state index contributed by atoms with van der Waals surface area (Å²) in [5, 5.41) is 3.08. The number of rotatable bonds is 6. The Kier molecular flexibility index (Phi) is 5.79. The Morgan fingerprint density at radius 3 is 2.75 bits per heavy atom. The minimum absolute atomic E-state index is 0.0848. The number of carbonyl (C=O) groups excluding carboxylic acids is 1. The van der Waals surface area contributed by atoms with E-state index in [2.05, 4.69) is 21.7 Å². The number of carbonyl (C=O) groups is 1. The number of ether oxygens (including phenoxy) is 1. The monoisotopic (exact) mass is 297 g/mol. The number of hydrogen-bond donors (Lipinski definition) is 0. The van der Waals surface area contributed by atoms with Gasteiger partial charge in [0.2, 0.25) is 0 Å². The summed E-state index contributed by atoms with van der Waals surface area (Å²) in [4.78, 5) is 20.8. The van der Waals surface area contributed by atoms with Gasteiger partial charge in [0.1, 0.15) is 6.04 Å². The molecule has 0 bridgehead atoms. The van der Waals surface area contributed by atoms with E-state index in [-0.39, 0.29) is 12.0 Å². The Morgan fingerprint density at radius 2 is 2.20 bits per heavy atom. The van der Waals surface area contributed by atoms with Gasteiger partial charge in [0.05, 0.1) is 7.11 Å². The molecule has 2 heterocycles. The number of piperazine rings is 1. The highest BCUT2D eigenvalue weighted by Gasteiger charge is 2.29. The van der Waals surface area contributed by atoms with Crippen LogP contribution < -0.4 is 4.90 Å². The first-order valence-corrected chi connectivity index (χ1v) is 8.10. The van der Waals surface area contributed by atoms with Crippen molar-refractivity contribution in [2.75, 3.05) is 38.2 Å². The molecule has 0 aromatic carbocycles. The smallest absolute Gasteiger partial charge is 0.323 e. The summed E-state index contributed by atoms with van der Waals surface area (Å²) in [7, 11) is 1.48. The SMILES string of the molecule is CCCCC(C(=O)OC)N1CCN(c2nccs2)CC1. The lowest BCUT2D eigenvalue weighted by Gasteiger charge is -2.38. The highest BCUT2D eigenvalue weighted by atomic mass is 32.1. The zero-order chi connectivity index (χ0) is 14.4. The molecule has 1 unspecified atom stereocenters. The number of aromatic nitrogens is 1. The van der Waals surface area contributed by atoms with Crippen LogP contribution in [-0.2, 0) is 9.53 Å². The van der Waals surface area contributed by atoms with Crippen molar-refractivity contribution in [3.8, 4) is 0 Å². The van der Waals surface area contributed by atoms with Gasteiger partial charge in [-0.3, -0.25) is 9.69 Å². The van der Waals surface area contributed by atoms with Gasteiger partial charge in [0, 0.05) is 37.8 Å². The molecule has 5 nitrogen and oxygen atoms in total. The van der Waals surface area contributed by atoms with Crippen molar-refractivity contribution in [1.29, 1.82) is 0 Å². The molecule has 0 amide bonds. The lowest BCUT2D eigenvalue weighted by molar-refractivity contribution is -0.147. The molecule has 1 aliphatic heterocycles. The van der Waals surface area contributed by atoms with Crippen LogP contribution in [0.25, 0.3) is 0 Å². The minimum Gasteiger partial charge on any atom is -0.468 e. The normalized spacial score (nSPS) is 18.0. The van der Waals surface area contributed by atoms with Crippen LogP contribution in [0.1, 0.15) is 26.2 Å². The van der Waals surface area contributed by atoms with Crippen LogP contribution in [0.5, 0.6) is 0 Å². The van der Waals surface area contributed by atoms with Gasteiger partial charge in [-0.1, -0.05) is 19.8 Å². The minimum atomic E-state index is -0.0962. The first-order valence-electron chi connectivity index (χ1n) is 7.22. The second-order valence-corrected chi connectivity index (χ2v) is 5.89. The molecule has 0 radical (unpaired) electrons. The lowest BCUT2D eigenvalue weighted by Crippen LogP contribution is -2.53. The van der Waals surface area contributed by atoms with Gasteiger partial charge in [-0.05, 0) is 6.42 Å². The fourth-order valence-electron chi connectivity index (χ4n) is 2.58. The second kappa shape index (κ2) is 7.59. The number of esters is 1. The van der Waals surface area contributed by atoms with E-state index in [1.807, 2.05) is 11.6 Å². The van der Waals surface area contributed by atoms with E-state index in [0.717, 1.165) is 50.6 Å². The molecular formula is C14H23N3O2S. The van der Waals surface area contributed by atoms with Crippen LogP contribution in [0.15, 0.2) is 11.6 Å². The number of methoxy groups -OCH3 is 1. The first-order chi connectivity index (χ1) is 9.76. The molecule has 1 saturated heterocycles. The van der Waals surface area contributed by atoms with Gasteiger partial charge < -0.3 is 9.64 Å². The largest absolute Gasteiger partial charge is 0.468 e. The van der Waals surface area contributed by atoms with E-state index >= 15 is 0 Å². The number of unbranched alkanes of at least 4 members (excludes halogenated alkanes) is 1. The fourth-order valence-corrected chi connectivity index (χ4v) is 3.28. The van der Waals surface area contributed by atoms with E-state index in [9.17, 15) is 4.79 Å². The predicted octanol–water partition coefficient (Wildman–Crippen LogP) is 2.00. The van der Waals surface area contributed by atoms with Crippen molar-refractivity contribution in [2.24, 2.45) is 0 Å². The Morgan fingerprint density at radius 1 is 1.45 bits per heavy atom. The van der Waals surface area contributed by atoms with Gasteiger partial charge in [0.15, 0.2) is 5.13 Å². The van der Waals surface area contributed by atoms with Crippen molar-refractivity contribution in [2.45, 2.75) is 32.2 Å². The van der Waals surface area contributed by atoms with Crippen LogP contribution >= 0.6 is 11.3 Å². The molecule has 1 fully saturated rings. The van der Waals surface area contributed by atoms with E-state index in [1.165, 1.54) is 7.11 Å². The summed E-state index contributed by atoms with van der Waals surface area (Å²) in [6, 6.07) is -0.0848. The number of hydrogen-bond acceptors (Lipinski definition) is 6. The lowest BCUT2D eigenvalue weighted by atomic mass is 10.1. The molecule has 1 aromatic heterocycles. The van der Waals surface area contributed by atoms with Crippen molar-refractivity contribution in [1.82, 2.24) is 9.88 Å². The Hall–Kier alpha value is -1.14. The van der Waals surface area contributed by atoms with Gasteiger partial charge in [-0.25, -0.2) is 4.98 Å². The Bertz CT molecular complexity index is 403. The third-order valence-corrected chi connectivity index (χ3v) is 4.58. The summed E-state index contributed by atoms with van der Waals surface area (Å²) in [5.41, 5.74) is 0. The maximum atomic E-state index is 11.9.